The van der Waals surface area contributed by atoms with Gasteiger partial charge in [-0.2, -0.15) is 8.42 Å². The minimum Gasteiger partial charge on any atom is -0.423 e. The fourth-order valence-corrected chi connectivity index (χ4v) is 3.97. The first-order valence-corrected chi connectivity index (χ1v) is 10.5. The van der Waals surface area contributed by atoms with Crippen LogP contribution >= 0.6 is 0 Å². The van der Waals surface area contributed by atoms with Crippen molar-refractivity contribution in [3.05, 3.63) is 89.0 Å². The molecule has 0 N–H and O–H groups in total. The number of rotatable bonds is 6. The average molecular weight is 424 g/mol. The van der Waals surface area contributed by atoms with Crippen molar-refractivity contribution in [3.63, 3.8) is 0 Å². The van der Waals surface area contributed by atoms with Gasteiger partial charge in [-0.3, -0.25) is 4.79 Å². The molecule has 0 aromatic heterocycles. The minimum absolute atomic E-state index is 0.0817. The molecular formula is C23H20O6S. The lowest BCUT2D eigenvalue weighted by Gasteiger charge is -2.10. The second-order valence-corrected chi connectivity index (χ2v) is 8.32. The Kier molecular flexibility index (Phi) is 6.03. The first-order chi connectivity index (χ1) is 14.2. The lowest BCUT2D eigenvalue weighted by Crippen LogP contribution is -2.12. The van der Waals surface area contributed by atoms with Gasteiger partial charge in [-0.05, 0) is 86.5 Å². The van der Waals surface area contributed by atoms with Crippen LogP contribution in [0.4, 0.5) is 0 Å². The second kappa shape index (κ2) is 8.51. The summed E-state index contributed by atoms with van der Waals surface area (Å²) in [6.07, 6.45) is 0. The number of carbonyl (C=O) groups excluding carboxylic acids is 2. The molecule has 0 fully saturated rings. The van der Waals surface area contributed by atoms with Crippen molar-refractivity contribution in [2.24, 2.45) is 0 Å². The molecule has 0 bridgehead atoms. The van der Waals surface area contributed by atoms with Crippen LogP contribution in [0.25, 0.3) is 0 Å². The Morgan fingerprint density at radius 2 is 1.33 bits per heavy atom. The first-order valence-electron chi connectivity index (χ1n) is 9.11. The van der Waals surface area contributed by atoms with E-state index in [-0.39, 0.29) is 22.0 Å². The van der Waals surface area contributed by atoms with Gasteiger partial charge in [0.2, 0.25) is 0 Å². The van der Waals surface area contributed by atoms with Crippen molar-refractivity contribution in [1.82, 2.24) is 0 Å². The largest absolute Gasteiger partial charge is 0.423 e. The van der Waals surface area contributed by atoms with Gasteiger partial charge in [0.15, 0.2) is 5.78 Å². The Morgan fingerprint density at radius 1 is 0.767 bits per heavy atom. The molecule has 0 spiro atoms. The van der Waals surface area contributed by atoms with E-state index in [0.717, 1.165) is 5.56 Å². The number of aryl methyl sites for hydroxylation is 2. The van der Waals surface area contributed by atoms with Gasteiger partial charge in [0.1, 0.15) is 16.4 Å². The third-order valence-corrected chi connectivity index (χ3v) is 5.77. The summed E-state index contributed by atoms with van der Waals surface area (Å²) in [6.45, 7) is 4.94. The maximum atomic E-state index is 12.6. The molecule has 0 amide bonds. The van der Waals surface area contributed by atoms with Crippen molar-refractivity contribution in [1.29, 1.82) is 0 Å². The monoisotopic (exact) mass is 424 g/mol. The van der Waals surface area contributed by atoms with Crippen LogP contribution in [0.3, 0.4) is 0 Å². The molecule has 154 valence electrons. The Hall–Kier alpha value is -3.45. The molecule has 3 aromatic rings. The topological polar surface area (TPSA) is 86.7 Å². The van der Waals surface area contributed by atoms with Gasteiger partial charge in [0.05, 0.1) is 5.56 Å². The van der Waals surface area contributed by atoms with Crippen LogP contribution in [0, 0.1) is 13.8 Å². The predicted molar refractivity (Wildman–Crippen MR) is 112 cm³/mol. The number of Topliss-reactive ketones (excluding diaryl/α,β-unsaturated/α-hetero) is 1. The van der Waals surface area contributed by atoms with E-state index >= 15 is 0 Å². The normalized spacial score (nSPS) is 11.0. The number of carbonyl (C=O) groups is 2. The van der Waals surface area contributed by atoms with Gasteiger partial charge in [-0.15, -0.1) is 0 Å². The summed E-state index contributed by atoms with van der Waals surface area (Å²) in [6, 6.07) is 16.9. The maximum Gasteiger partial charge on any atom is 0.343 e. The van der Waals surface area contributed by atoms with Crippen LogP contribution in [0.15, 0.2) is 71.6 Å². The molecule has 3 aromatic carbocycles. The van der Waals surface area contributed by atoms with E-state index < -0.39 is 16.1 Å². The Labute approximate surface area is 175 Å². The zero-order valence-corrected chi connectivity index (χ0v) is 17.5. The van der Waals surface area contributed by atoms with Crippen LogP contribution in [-0.2, 0) is 10.1 Å². The van der Waals surface area contributed by atoms with E-state index in [1.54, 1.807) is 38.1 Å². The van der Waals surface area contributed by atoms with Gasteiger partial charge in [-0.1, -0.05) is 12.1 Å². The molecule has 3 rings (SSSR count). The van der Waals surface area contributed by atoms with E-state index in [1.165, 1.54) is 43.3 Å². The van der Waals surface area contributed by atoms with Crippen LogP contribution in [-0.4, -0.2) is 20.2 Å². The van der Waals surface area contributed by atoms with E-state index in [1.807, 2.05) is 6.07 Å². The summed E-state index contributed by atoms with van der Waals surface area (Å²) in [5.41, 5.74) is 2.12. The van der Waals surface area contributed by atoms with Crippen molar-refractivity contribution in [2.75, 3.05) is 0 Å². The Morgan fingerprint density at radius 3 is 1.93 bits per heavy atom. The standard InChI is InChI=1S/C23H20O6S/c1-15-4-5-16(2)22(14-15)30(26,27)29-21-12-8-19(9-13-21)23(25)28-20-10-6-18(7-11-20)17(3)24/h4-14H,1-3H3. The predicted octanol–water partition coefficient (Wildman–Crippen LogP) is 4.49. The molecule has 7 heteroatoms. The Bertz CT molecular complexity index is 1190. The Balaban J connectivity index is 1.72. The van der Waals surface area contributed by atoms with E-state index in [2.05, 4.69) is 0 Å². The highest BCUT2D eigenvalue weighted by Crippen LogP contribution is 2.23. The average Bonchev–Trinajstić information content (AvgIpc) is 2.70. The van der Waals surface area contributed by atoms with Crippen molar-refractivity contribution in [3.8, 4) is 11.5 Å². The van der Waals surface area contributed by atoms with Crippen molar-refractivity contribution < 1.29 is 26.9 Å². The molecule has 0 unspecified atom stereocenters. The van der Waals surface area contributed by atoms with Gasteiger partial charge in [0.25, 0.3) is 0 Å². The summed E-state index contributed by atoms with van der Waals surface area (Å²) in [5, 5.41) is 0. The molecule has 0 atom stereocenters. The summed E-state index contributed by atoms with van der Waals surface area (Å²) in [7, 11) is -4.00. The number of benzene rings is 3. The third-order valence-electron chi connectivity index (χ3n) is 4.38. The molecule has 0 heterocycles. The molecule has 0 aliphatic heterocycles. The molecule has 0 saturated heterocycles. The second-order valence-electron chi connectivity index (χ2n) is 6.80. The molecule has 0 saturated carbocycles. The van der Waals surface area contributed by atoms with Crippen LogP contribution in [0.1, 0.15) is 38.8 Å². The van der Waals surface area contributed by atoms with Crippen molar-refractivity contribution >= 4 is 21.9 Å². The van der Waals surface area contributed by atoms with E-state index in [0.29, 0.717) is 16.9 Å². The number of esters is 1. The zero-order valence-electron chi connectivity index (χ0n) is 16.7. The van der Waals surface area contributed by atoms with Crippen molar-refractivity contribution in [2.45, 2.75) is 25.7 Å². The van der Waals surface area contributed by atoms with Gasteiger partial charge in [0, 0.05) is 5.56 Å². The SMILES string of the molecule is CC(=O)c1ccc(OC(=O)c2ccc(OS(=O)(=O)c3cc(C)ccc3C)cc2)cc1. The summed E-state index contributed by atoms with van der Waals surface area (Å²) in [4.78, 5) is 23.7. The summed E-state index contributed by atoms with van der Waals surface area (Å²) < 4.78 is 35.6. The fraction of sp³-hybridized carbons (Fsp3) is 0.130. The van der Waals surface area contributed by atoms with Crippen LogP contribution in [0.2, 0.25) is 0 Å². The first kappa shape index (κ1) is 21.3. The zero-order chi connectivity index (χ0) is 21.9. The smallest absolute Gasteiger partial charge is 0.343 e. The molecule has 0 radical (unpaired) electrons. The van der Waals surface area contributed by atoms with Crippen LogP contribution < -0.4 is 8.92 Å². The molecule has 0 aliphatic rings. The van der Waals surface area contributed by atoms with Gasteiger partial charge < -0.3 is 8.92 Å². The van der Waals surface area contributed by atoms with Gasteiger partial charge in [-0.25, -0.2) is 4.79 Å². The van der Waals surface area contributed by atoms with Gasteiger partial charge >= 0.3 is 16.1 Å². The minimum atomic E-state index is -4.00. The number of ether oxygens (including phenoxy) is 1. The lowest BCUT2D eigenvalue weighted by molar-refractivity contribution is 0.0734. The number of ketones is 1. The molecular weight excluding hydrogens is 404 g/mol. The number of hydrogen-bond acceptors (Lipinski definition) is 6. The highest BCUT2D eigenvalue weighted by atomic mass is 32.2. The van der Waals surface area contributed by atoms with Crippen LogP contribution in [0.5, 0.6) is 11.5 Å². The highest BCUT2D eigenvalue weighted by molar-refractivity contribution is 7.87. The highest BCUT2D eigenvalue weighted by Gasteiger charge is 2.20. The molecule has 0 aliphatic carbocycles. The number of hydrogen-bond donors (Lipinski definition) is 0. The van der Waals surface area contributed by atoms with E-state index in [9.17, 15) is 18.0 Å². The third kappa shape index (κ3) is 4.93. The molecule has 6 nitrogen and oxygen atoms in total. The molecule has 30 heavy (non-hydrogen) atoms. The fourth-order valence-electron chi connectivity index (χ4n) is 2.72. The summed E-state index contributed by atoms with van der Waals surface area (Å²) in [5.74, 6) is -0.324. The lowest BCUT2D eigenvalue weighted by atomic mass is 10.1. The maximum absolute atomic E-state index is 12.6. The van der Waals surface area contributed by atoms with E-state index in [4.69, 9.17) is 8.92 Å². The quantitative estimate of drug-likeness (QED) is 0.251. The summed E-state index contributed by atoms with van der Waals surface area (Å²) >= 11 is 0.